The molecule has 1 fully saturated rings. The number of hydrogen-bond donors (Lipinski definition) is 1. The van der Waals surface area contributed by atoms with Gasteiger partial charge in [-0.15, -0.1) is 0 Å². The Kier molecular flexibility index (Phi) is 4.03. The quantitative estimate of drug-likeness (QED) is 0.912. The van der Waals surface area contributed by atoms with Crippen LogP contribution in [-0.2, 0) is 0 Å². The third kappa shape index (κ3) is 3.02. The molecule has 1 aliphatic heterocycles. The minimum Gasteiger partial charge on any atom is -0.341 e. The van der Waals surface area contributed by atoms with Crippen LogP contribution in [0.15, 0.2) is 28.7 Å². The summed E-state index contributed by atoms with van der Waals surface area (Å²) in [4.78, 5) is 14.9. The topological polar surface area (TPSA) is 53.9 Å². The zero-order chi connectivity index (χ0) is 13.9. The van der Waals surface area contributed by atoms with Gasteiger partial charge in [0.2, 0.25) is 17.2 Å². The van der Waals surface area contributed by atoms with E-state index < -0.39 is 0 Å². The molecule has 104 valence electrons. The van der Waals surface area contributed by atoms with Gasteiger partial charge in [0.1, 0.15) is 0 Å². The number of nitrogens with one attached hydrogen (secondary N) is 1. The van der Waals surface area contributed by atoms with Gasteiger partial charge in [0.15, 0.2) is 0 Å². The molecule has 3 rings (SSSR count). The maximum Gasteiger partial charge on any atom is 0.233 e. The van der Waals surface area contributed by atoms with Crippen molar-refractivity contribution in [3.05, 3.63) is 34.0 Å². The van der Waals surface area contributed by atoms with Crippen LogP contribution in [0.4, 0.5) is 17.6 Å². The molecule has 2 aromatic rings. The summed E-state index contributed by atoms with van der Waals surface area (Å²) in [6.45, 7) is 1.93. The lowest BCUT2D eigenvalue weighted by molar-refractivity contribution is 0.883. The fourth-order valence-corrected chi connectivity index (χ4v) is 2.68. The van der Waals surface area contributed by atoms with E-state index in [0.29, 0.717) is 11.9 Å². The van der Waals surface area contributed by atoms with Crippen LogP contribution < -0.4 is 10.2 Å². The van der Waals surface area contributed by atoms with Crippen LogP contribution in [0.25, 0.3) is 0 Å². The highest BCUT2D eigenvalue weighted by Crippen LogP contribution is 2.25. The van der Waals surface area contributed by atoms with Crippen molar-refractivity contribution in [2.24, 2.45) is 0 Å². The van der Waals surface area contributed by atoms with Crippen molar-refractivity contribution in [2.75, 3.05) is 23.3 Å². The zero-order valence-electron chi connectivity index (χ0n) is 10.7. The van der Waals surface area contributed by atoms with E-state index in [0.717, 1.165) is 36.1 Å². The smallest absolute Gasteiger partial charge is 0.233 e. The molecule has 0 unspecified atom stereocenters. The first-order valence-electron chi connectivity index (χ1n) is 6.40. The SMILES string of the molecule is Clc1nc(Nc2ccccc2Br)nc(N2CCCC2)n1. The van der Waals surface area contributed by atoms with E-state index in [1.807, 2.05) is 24.3 Å². The van der Waals surface area contributed by atoms with Gasteiger partial charge in [-0.05, 0) is 52.5 Å². The molecule has 0 atom stereocenters. The zero-order valence-corrected chi connectivity index (χ0v) is 13.0. The second-order valence-electron chi connectivity index (χ2n) is 4.53. The molecule has 0 radical (unpaired) electrons. The van der Waals surface area contributed by atoms with E-state index in [9.17, 15) is 0 Å². The molecule has 20 heavy (non-hydrogen) atoms. The molecular weight excluding hydrogens is 342 g/mol. The Morgan fingerprint density at radius 3 is 2.60 bits per heavy atom. The maximum atomic E-state index is 5.99. The number of rotatable bonds is 3. The molecule has 0 aliphatic carbocycles. The number of anilines is 3. The van der Waals surface area contributed by atoms with Crippen LogP contribution in [0.2, 0.25) is 5.28 Å². The summed E-state index contributed by atoms with van der Waals surface area (Å²) in [5.41, 5.74) is 0.891. The molecule has 0 amide bonds. The first-order valence-corrected chi connectivity index (χ1v) is 7.57. The second kappa shape index (κ2) is 5.93. The average molecular weight is 355 g/mol. The summed E-state index contributed by atoms with van der Waals surface area (Å²) in [7, 11) is 0. The lowest BCUT2D eigenvalue weighted by atomic mass is 10.3. The van der Waals surface area contributed by atoms with Crippen molar-refractivity contribution in [3.8, 4) is 0 Å². The Morgan fingerprint density at radius 1 is 1.10 bits per heavy atom. The van der Waals surface area contributed by atoms with Crippen molar-refractivity contribution >= 4 is 45.1 Å². The van der Waals surface area contributed by atoms with Crippen molar-refractivity contribution in [1.82, 2.24) is 15.0 Å². The minimum absolute atomic E-state index is 0.205. The maximum absolute atomic E-state index is 5.99. The molecular formula is C13H13BrClN5. The van der Waals surface area contributed by atoms with Crippen LogP contribution >= 0.6 is 27.5 Å². The molecule has 1 saturated heterocycles. The van der Waals surface area contributed by atoms with Crippen LogP contribution in [0.5, 0.6) is 0 Å². The summed E-state index contributed by atoms with van der Waals surface area (Å²) in [6.07, 6.45) is 2.33. The van der Waals surface area contributed by atoms with Crippen LogP contribution in [0.3, 0.4) is 0 Å². The molecule has 0 bridgehead atoms. The van der Waals surface area contributed by atoms with Gasteiger partial charge < -0.3 is 10.2 Å². The summed E-state index contributed by atoms with van der Waals surface area (Å²) in [5, 5.41) is 3.36. The van der Waals surface area contributed by atoms with Crippen molar-refractivity contribution < 1.29 is 0 Å². The molecule has 7 heteroatoms. The second-order valence-corrected chi connectivity index (χ2v) is 5.72. The number of aromatic nitrogens is 3. The van der Waals surface area contributed by atoms with E-state index in [1.165, 1.54) is 0 Å². The Morgan fingerprint density at radius 2 is 1.85 bits per heavy atom. The van der Waals surface area contributed by atoms with Gasteiger partial charge in [0.25, 0.3) is 0 Å². The molecule has 2 heterocycles. The molecule has 1 aromatic heterocycles. The number of halogens is 2. The lowest BCUT2D eigenvalue weighted by Gasteiger charge is -2.16. The first kappa shape index (κ1) is 13.6. The highest BCUT2D eigenvalue weighted by Gasteiger charge is 2.17. The molecule has 0 saturated carbocycles. The van der Waals surface area contributed by atoms with Gasteiger partial charge in [-0.2, -0.15) is 15.0 Å². The highest BCUT2D eigenvalue weighted by molar-refractivity contribution is 9.10. The molecule has 1 N–H and O–H groups in total. The standard InChI is InChI=1S/C13H13BrClN5/c14-9-5-1-2-6-10(9)16-12-17-11(15)18-13(19-12)20-7-3-4-8-20/h1-2,5-6H,3-4,7-8H2,(H,16,17,18,19). The lowest BCUT2D eigenvalue weighted by Crippen LogP contribution is -2.21. The third-order valence-corrected chi connectivity index (χ3v) is 3.97. The molecule has 1 aromatic carbocycles. The monoisotopic (exact) mass is 353 g/mol. The summed E-state index contributed by atoms with van der Waals surface area (Å²) >= 11 is 9.47. The number of para-hydroxylation sites is 1. The fraction of sp³-hybridized carbons (Fsp3) is 0.308. The van der Waals surface area contributed by atoms with Crippen molar-refractivity contribution in [2.45, 2.75) is 12.8 Å². The van der Waals surface area contributed by atoms with E-state index in [1.54, 1.807) is 0 Å². The van der Waals surface area contributed by atoms with E-state index >= 15 is 0 Å². The van der Waals surface area contributed by atoms with Crippen molar-refractivity contribution in [1.29, 1.82) is 0 Å². The Bertz CT molecular complexity index is 615. The minimum atomic E-state index is 0.205. The van der Waals surface area contributed by atoms with Gasteiger partial charge in [0, 0.05) is 17.6 Å². The van der Waals surface area contributed by atoms with E-state index in [-0.39, 0.29) is 5.28 Å². The van der Waals surface area contributed by atoms with E-state index in [2.05, 4.69) is 41.1 Å². The summed E-state index contributed by atoms with van der Waals surface area (Å²) in [6, 6.07) is 7.78. The molecule has 5 nitrogen and oxygen atoms in total. The predicted molar refractivity (Wildman–Crippen MR) is 83.7 cm³/mol. The summed E-state index contributed by atoms with van der Waals surface area (Å²) in [5.74, 6) is 1.09. The Hall–Kier alpha value is -1.40. The largest absolute Gasteiger partial charge is 0.341 e. The van der Waals surface area contributed by atoms with Gasteiger partial charge >= 0.3 is 0 Å². The van der Waals surface area contributed by atoms with Crippen LogP contribution in [0, 0.1) is 0 Å². The summed E-state index contributed by atoms with van der Waals surface area (Å²) < 4.78 is 0.944. The molecule has 1 aliphatic rings. The van der Waals surface area contributed by atoms with E-state index in [4.69, 9.17) is 11.6 Å². The number of nitrogens with zero attached hydrogens (tertiary/aromatic N) is 4. The molecule has 0 spiro atoms. The first-order chi connectivity index (χ1) is 9.72. The normalized spacial score (nSPS) is 14.6. The van der Waals surface area contributed by atoms with Crippen LogP contribution in [0.1, 0.15) is 12.8 Å². The number of hydrogen-bond acceptors (Lipinski definition) is 5. The number of benzene rings is 1. The predicted octanol–water partition coefficient (Wildman–Crippen LogP) is 3.63. The Balaban J connectivity index is 1.88. The fourth-order valence-electron chi connectivity index (χ4n) is 2.14. The highest BCUT2D eigenvalue weighted by atomic mass is 79.9. The average Bonchev–Trinajstić information content (AvgIpc) is 2.95. The van der Waals surface area contributed by atoms with Gasteiger partial charge in [0.05, 0.1) is 5.69 Å². The third-order valence-electron chi connectivity index (χ3n) is 3.11. The van der Waals surface area contributed by atoms with Gasteiger partial charge in [-0.25, -0.2) is 0 Å². The Labute approximate surface area is 130 Å². The van der Waals surface area contributed by atoms with Crippen molar-refractivity contribution in [3.63, 3.8) is 0 Å². The van der Waals surface area contributed by atoms with Gasteiger partial charge in [-0.1, -0.05) is 12.1 Å². The van der Waals surface area contributed by atoms with Gasteiger partial charge in [-0.3, -0.25) is 0 Å². The van der Waals surface area contributed by atoms with Crippen LogP contribution in [-0.4, -0.2) is 28.0 Å².